The Bertz CT molecular complexity index is 886. The summed E-state index contributed by atoms with van der Waals surface area (Å²) in [5.41, 5.74) is 0.454. The number of carbonyl (C=O) groups excluding carboxylic acids is 2. The van der Waals surface area contributed by atoms with E-state index < -0.39 is 21.5 Å². The van der Waals surface area contributed by atoms with Gasteiger partial charge in [0.2, 0.25) is 5.91 Å². The minimum Gasteiger partial charge on any atom is -0.472 e. The summed E-state index contributed by atoms with van der Waals surface area (Å²) in [4.78, 5) is 27.7. The van der Waals surface area contributed by atoms with Gasteiger partial charge in [0, 0.05) is 31.2 Å². The Morgan fingerprint density at radius 2 is 1.62 bits per heavy atom. The summed E-state index contributed by atoms with van der Waals surface area (Å²) in [5.74, 6) is -1.25. The Hall–Kier alpha value is -2.32. The molecule has 2 aromatic rings. The molecule has 1 aromatic carbocycles. The monoisotopic (exact) mass is 396 g/mol. The molecule has 0 unspecified atom stereocenters. The van der Waals surface area contributed by atoms with Gasteiger partial charge in [-0.15, -0.1) is 0 Å². The van der Waals surface area contributed by atoms with Gasteiger partial charge in [0.15, 0.2) is 9.84 Å². The molecule has 0 saturated carbocycles. The molecule has 0 radical (unpaired) electrons. The predicted molar refractivity (Wildman–Crippen MR) is 94.7 cm³/mol. The van der Waals surface area contributed by atoms with Crippen molar-refractivity contribution >= 4 is 33.3 Å². The summed E-state index contributed by atoms with van der Waals surface area (Å²) in [6, 6.07) is 7.29. The van der Waals surface area contributed by atoms with E-state index in [1.807, 2.05) is 0 Å². The summed E-state index contributed by atoms with van der Waals surface area (Å²) in [6.45, 7) is 1.27. The molecule has 26 heavy (non-hydrogen) atoms. The highest BCUT2D eigenvalue weighted by Gasteiger charge is 2.28. The molecular formula is C17H17ClN2O5S. The SMILES string of the molecule is O=C(CS(=O)(=O)c1ccc(Cl)cc1)N1CCN(C(=O)c2ccoc2)CC1. The molecule has 0 spiro atoms. The third-order valence-corrected chi connectivity index (χ3v) is 6.04. The third-order valence-electron chi connectivity index (χ3n) is 4.17. The molecule has 2 amide bonds. The van der Waals surface area contributed by atoms with E-state index in [4.69, 9.17) is 16.0 Å². The molecule has 0 atom stereocenters. The Morgan fingerprint density at radius 3 is 2.19 bits per heavy atom. The molecule has 0 N–H and O–H groups in total. The Balaban J connectivity index is 1.58. The second kappa shape index (κ2) is 7.51. The lowest BCUT2D eigenvalue weighted by atomic mass is 10.2. The van der Waals surface area contributed by atoms with Crippen molar-refractivity contribution in [3.8, 4) is 0 Å². The molecule has 2 heterocycles. The first-order valence-electron chi connectivity index (χ1n) is 7.94. The van der Waals surface area contributed by atoms with Crippen molar-refractivity contribution in [2.45, 2.75) is 4.90 Å². The Labute approximate surface area is 156 Å². The van der Waals surface area contributed by atoms with Gasteiger partial charge in [-0.05, 0) is 30.3 Å². The van der Waals surface area contributed by atoms with Crippen LogP contribution >= 0.6 is 11.6 Å². The van der Waals surface area contributed by atoms with Crippen LogP contribution < -0.4 is 0 Å². The van der Waals surface area contributed by atoms with Crippen LogP contribution in [0.2, 0.25) is 5.02 Å². The van der Waals surface area contributed by atoms with E-state index in [1.54, 1.807) is 11.0 Å². The standard InChI is InChI=1S/C17H17ClN2O5S/c18-14-1-3-15(4-2-14)26(23,24)12-16(21)19-6-8-20(9-7-19)17(22)13-5-10-25-11-13/h1-5,10-11H,6-9,12H2. The maximum atomic E-state index is 12.4. The zero-order valence-corrected chi connectivity index (χ0v) is 15.4. The Kier molecular flexibility index (Phi) is 5.33. The number of piperazine rings is 1. The summed E-state index contributed by atoms with van der Waals surface area (Å²) < 4.78 is 29.6. The van der Waals surface area contributed by atoms with Gasteiger partial charge in [0.1, 0.15) is 12.0 Å². The molecule has 3 rings (SSSR count). The van der Waals surface area contributed by atoms with Crippen molar-refractivity contribution in [1.29, 1.82) is 0 Å². The van der Waals surface area contributed by atoms with E-state index >= 15 is 0 Å². The smallest absolute Gasteiger partial charge is 0.257 e. The van der Waals surface area contributed by atoms with Gasteiger partial charge < -0.3 is 14.2 Å². The highest BCUT2D eigenvalue weighted by molar-refractivity contribution is 7.92. The molecule has 1 aliphatic heterocycles. The maximum Gasteiger partial charge on any atom is 0.257 e. The summed E-state index contributed by atoms with van der Waals surface area (Å²) in [7, 11) is -3.73. The fourth-order valence-electron chi connectivity index (χ4n) is 2.71. The lowest BCUT2D eigenvalue weighted by Gasteiger charge is -2.34. The number of carbonyl (C=O) groups is 2. The van der Waals surface area contributed by atoms with Gasteiger partial charge in [-0.25, -0.2) is 8.42 Å². The van der Waals surface area contributed by atoms with E-state index in [0.29, 0.717) is 36.8 Å². The molecule has 138 valence electrons. The number of rotatable bonds is 4. The minimum atomic E-state index is -3.73. The topological polar surface area (TPSA) is 87.9 Å². The second-order valence-corrected chi connectivity index (χ2v) is 8.32. The lowest BCUT2D eigenvalue weighted by Crippen LogP contribution is -2.51. The minimum absolute atomic E-state index is 0.0593. The number of benzene rings is 1. The number of sulfone groups is 1. The van der Waals surface area contributed by atoms with Crippen LogP contribution in [0, 0.1) is 0 Å². The van der Waals surface area contributed by atoms with Gasteiger partial charge in [-0.3, -0.25) is 9.59 Å². The predicted octanol–water partition coefficient (Wildman–Crippen LogP) is 1.69. The number of furan rings is 1. The highest BCUT2D eigenvalue weighted by Crippen LogP contribution is 2.16. The van der Waals surface area contributed by atoms with E-state index in [0.717, 1.165) is 0 Å². The van der Waals surface area contributed by atoms with Gasteiger partial charge in [0.05, 0.1) is 16.7 Å². The zero-order valence-electron chi connectivity index (χ0n) is 13.8. The van der Waals surface area contributed by atoms with Crippen LogP contribution in [-0.2, 0) is 14.6 Å². The largest absolute Gasteiger partial charge is 0.472 e. The molecule has 1 saturated heterocycles. The van der Waals surface area contributed by atoms with Crippen LogP contribution in [0.25, 0.3) is 0 Å². The van der Waals surface area contributed by atoms with E-state index in [-0.39, 0.29) is 10.8 Å². The van der Waals surface area contributed by atoms with Gasteiger partial charge >= 0.3 is 0 Å². The quantitative estimate of drug-likeness (QED) is 0.784. The number of nitrogens with zero attached hydrogens (tertiary/aromatic N) is 2. The molecule has 1 fully saturated rings. The second-order valence-electron chi connectivity index (χ2n) is 5.90. The number of hydrogen-bond donors (Lipinski definition) is 0. The number of amides is 2. The third kappa shape index (κ3) is 4.08. The molecule has 1 aliphatic rings. The van der Waals surface area contributed by atoms with Crippen LogP contribution in [-0.4, -0.2) is 62.0 Å². The van der Waals surface area contributed by atoms with Crippen LogP contribution in [0.5, 0.6) is 0 Å². The van der Waals surface area contributed by atoms with E-state index in [9.17, 15) is 18.0 Å². The van der Waals surface area contributed by atoms with Gasteiger partial charge in [-0.1, -0.05) is 11.6 Å². The molecule has 7 nitrogen and oxygen atoms in total. The molecule has 1 aromatic heterocycles. The average molecular weight is 397 g/mol. The molecular weight excluding hydrogens is 380 g/mol. The van der Waals surface area contributed by atoms with Crippen LogP contribution in [0.4, 0.5) is 0 Å². The summed E-state index contributed by atoms with van der Waals surface area (Å²) >= 11 is 5.76. The highest BCUT2D eigenvalue weighted by atomic mass is 35.5. The molecule has 9 heteroatoms. The van der Waals surface area contributed by atoms with Crippen molar-refractivity contribution in [3.63, 3.8) is 0 Å². The zero-order chi connectivity index (χ0) is 18.7. The number of halogens is 1. The molecule has 0 bridgehead atoms. The normalized spacial score (nSPS) is 15.1. The lowest BCUT2D eigenvalue weighted by molar-refractivity contribution is -0.129. The fraction of sp³-hybridized carbons (Fsp3) is 0.294. The van der Waals surface area contributed by atoms with E-state index in [1.165, 1.54) is 41.7 Å². The first-order valence-corrected chi connectivity index (χ1v) is 9.97. The van der Waals surface area contributed by atoms with E-state index in [2.05, 4.69) is 0 Å². The van der Waals surface area contributed by atoms with Crippen molar-refractivity contribution < 1.29 is 22.4 Å². The van der Waals surface area contributed by atoms with Crippen LogP contribution in [0.3, 0.4) is 0 Å². The van der Waals surface area contributed by atoms with Crippen molar-refractivity contribution in [3.05, 3.63) is 53.4 Å². The fourth-order valence-corrected chi connectivity index (χ4v) is 4.06. The van der Waals surface area contributed by atoms with Gasteiger partial charge in [0.25, 0.3) is 5.91 Å². The van der Waals surface area contributed by atoms with Crippen molar-refractivity contribution in [2.75, 3.05) is 31.9 Å². The first-order chi connectivity index (χ1) is 12.4. The van der Waals surface area contributed by atoms with Gasteiger partial charge in [-0.2, -0.15) is 0 Å². The first kappa shape index (κ1) is 18.5. The Morgan fingerprint density at radius 1 is 1.00 bits per heavy atom. The van der Waals surface area contributed by atoms with Crippen molar-refractivity contribution in [1.82, 2.24) is 9.80 Å². The van der Waals surface area contributed by atoms with Crippen LogP contribution in [0.1, 0.15) is 10.4 Å². The summed E-state index contributed by atoms with van der Waals surface area (Å²) in [6.07, 6.45) is 2.80. The molecule has 0 aliphatic carbocycles. The van der Waals surface area contributed by atoms with Crippen LogP contribution in [0.15, 0.2) is 52.2 Å². The maximum absolute atomic E-state index is 12.4. The average Bonchev–Trinajstić information content (AvgIpc) is 3.16. The summed E-state index contributed by atoms with van der Waals surface area (Å²) in [5, 5.41) is 0.425. The number of hydrogen-bond acceptors (Lipinski definition) is 5. The van der Waals surface area contributed by atoms with Crippen molar-refractivity contribution in [2.24, 2.45) is 0 Å².